The van der Waals surface area contributed by atoms with Crippen molar-refractivity contribution in [3.8, 4) is 5.75 Å². The van der Waals surface area contributed by atoms with Crippen molar-refractivity contribution in [1.29, 1.82) is 0 Å². The minimum absolute atomic E-state index is 0.184. The minimum Gasteiger partial charge on any atom is -0.462 e. The Hall–Kier alpha value is -4.54. The molecule has 11 heteroatoms. The van der Waals surface area contributed by atoms with E-state index in [0.29, 0.717) is 28.9 Å². The third-order valence-electron chi connectivity index (χ3n) is 7.01. The largest absolute Gasteiger partial charge is 0.462 e. The maximum absolute atomic E-state index is 12.9. The highest BCUT2D eigenvalue weighted by molar-refractivity contribution is 7.17. The van der Waals surface area contributed by atoms with Gasteiger partial charge in [-0.25, -0.2) is 15.0 Å². The van der Waals surface area contributed by atoms with Crippen LogP contribution in [0.2, 0.25) is 5.02 Å². The number of carbonyl (C=O) groups excluding carboxylic acids is 4. The fourth-order valence-electron chi connectivity index (χ4n) is 4.90. The lowest BCUT2D eigenvalue weighted by Gasteiger charge is -2.18. The highest BCUT2D eigenvalue weighted by Crippen LogP contribution is 2.40. The summed E-state index contributed by atoms with van der Waals surface area (Å²) >= 11 is 7.45. The van der Waals surface area contributed by atoms with E-state index in [0.717, 1.165) is 28.7 Å². The number of carbonyl (C=O) groups is 4. The van der Waals surface area contributed by atoms with Gasteiger partial charge in [-0.05, 0) is 66.6 Å². The van der Waals surface area contributed by atoms with Crippen LogP contribution in [0.15, 0.2) is 65.8 Å². The van der Waals surface area contributed by atoms with Crippen LogP contribution < -0.4 is 15.5 Å². The van der Waals surface area contributed by atoms with Gasteiger partial charge in [-0.1, -0.05) is 61.0 Å². The molecule has 0 radical (unpaired) electrons. The van der Waals surface area contributed by atoms with E-state index in [-0.39, 0.29) is 27.9 Å². The molecule has 0 spiro atoms. The summed E-state index contributed by atoms with van der Waals surface area (Å²) in [4.78, 5) is 52.2. The van der Waals surface area contributed by atoms with Gasteiger partial charge in [0.05, 0.1) is 29.0 Å². The SMILES string of the molecule is CCOC(=O)c1c(NC(=O)C(=O)N/N=C\c2c(OC(=O)c3ccccc3Cl)ccc3ccccc23)sc2c1CC[C@@H](C)C2. The van der Waals surface area contributed by atoms with Gasteiger partial charge in [0.15, 0.2) is 0 Å². The molecule has 0 saturated carbocycles. The van der Waals surface area contributed by atoms with Crippen molar-refractivity contribution < 1.29 is 28.7 Å². The van der Waals surface area contributed by atoms with Crippen LogP contribution in [0.25, 0.3) is 10.8 Å². The molecule has 1 aliphatic rings. The number of thiophene rings is 1. The quantitative estimate of drug-likeness (QED) is 0.0841. The summed E-state index contributed by atoms with van der Waals surface area (Å²) < 4.78 is 10.9. The van der Waals surface area contributed by atoms with Gasteiger partial charge >= 0.3 is 23.8 Å². The van der Waals surface area contributed by atoms with E-state index in [1.54, 1.807) is 43.3 Å². The van der Waals surface area contributed by atoms with Crippen LogP contribution in [0.1, 0.15) is 57.0 Å². The molecule has 4 aromatic rings. The molecular weight excluding hydrogens is 590 g/mol. The van der Waals surface area contributed by atoms with E-state index in [2.05, 4.69) is 22.8 Å². The molecule has 43 heavy (non-hydrogen) atoms. The molecule has 0 aliphatic heterocycles. The molecule has 1 atom stereocenters. The molecule has 0 fully saturated rings. The summed E-state index contributed by atoms with van der Waals surface area (Å²) in [6.07, 6.45) is 3.70. The van der Waals surface area contributed by atoms with E-state index < -0.39 is 23.8 Å². The number of hydrazone groups is 1. The van der Waals surface area contributed by atoms with E-state index in [4.69, 9.17) is 21.1 Å². The zero-order valence-corrected chi connectivity index (χ0v) is 25.0. The van der Waals surface area contributed by atoms with E-state index in [1.807, 2.05) is 24.3 Å². The number of nitrogens with one attached hydrogen (secondary N) is 2. The molecule has 1 aliphatic carbocycles. The number of hydrogen-bond donors (Lipinski definition) is 2. The molecule has 9 nitrogen and oxygen atoms in total. The molecule has 2 amide bonds. The van der Waals surface area contributed by atoms with Crippen molar-refractivity contribution >= 4 is 68.7 Å². The van der Waals surface area contributed by atoms with E-state index >= 15 is 0 Å². The Labute approximate surface area is 256 Å². The first kappa shape index (κ1) is 29.9. The molecule has 5 rings (SSSR count). The molecule has 0 saturated heterocycles. The van der Waals surface area contributed by atoms with Crippen LogP contribution in [-0.2, 0) is 27.2 Å². The number of anilines is 1. The summed E-state index contributed by atoms with van der Waals surface area (Å²) in [6.45, 7) is 4.03. The van der Waals surface area contributed by atoms with Crippen LogP contribution in [-0.4, -0.2) is 36.6 Å². The van der Waals surface area contributed by atoms with Crippen LogP contribution in [0.3, 0.4) is 0 Å². The van der Waals surface area contributed by atoms with Gasteiger partial charge in [-0.3, -0.25) is 9.59 Å². The van der Waals surface area contributed by atoms with Crippen molar-refractivity contribution in [1.82, 2.24) is 5.43 Å². The van der Waals surface area contributed by atoms with Crippen molar-refractivity contribution in [2.45, 2.75) is 33.1 Å². The number of fused-ring (bicyclic) bond motifs is 2. The molecule has 0 bridgehead atoms. The summed E-state index contributed by atoms with van der Waals surface area (Å²) in [7, 11) is 0. The zero-order chi connectivity index (χ0) is 30.5. The number of benzene rings is 3. The number of hydrogen-bond acceptors (Lipinski definition) is 8. The number of halogens is 1. The molecule has 220 valence electrons. The van der Waals surface area contributed by atoms with Gasteiger partial charge in [0.1, 0.15) is 10.8 Å². The lowest BCUT2D eigenvalue weighted by atomic mass is 9.88. The molecule has 1 aromatic heterocycles. The Bertz CT molecular complexity index is 1770. The number of rotatable bonds is 7. The number of esters is 2. The molecular formula is C32H28ClN3O6S. The predicted molar refractivity (Wildman–Crippen MR) is 166 cm³/mol. The fraction of sp³-hybridized carbons (Fsp3) is 0.219. The standard InChI is InChI=1S/C32H28ClN3O6S/c1-3-41-32(40)27-22-14-12-18(2)16-26(22)43-30(27)35-28(37)29(38)36-34-17-23-20-9-5-4-8-19(20)13-15-25(23)42-31(39)21-10-6-7-11-24(21)33/h4-11,13,15,17-18H,3,12,14,16H2,1-2H3,(H,35,37)(H,36,38)/b34-17-/t18-/m1/s1. The van der Waals surface area contributed by atoms with Crippen LogP contribution in [0.4, 0.5) is 5.00 Å². The lowest BCUT2D eigenvalue weighted by Crippen LogP contribution is -2.32. The lowest BCUT2D eigenvalue weighted by molar-refractivity contribution is -0.136. The third kappa shape index (κ3) is 6.60. The van der Waals surface area contributed by atoms with Crippen molar-refractivity contribution in [2.75, 3.05) is 11.9 Å². The second-order valence-electron chi connectivity index (χ2n) is 10.00. The second-order valence-corrected chi connectivity index (χ2v) is 11.5. The Morgan fingerprint density at radius 3 is 2.58 bits per heavy atom. The third-order valence-corrected chi connectivity index (χ3v) is 8.51. The normalized spacial score (nSPS) is 14.3. The number of amides is 2. The maximum atomic E-state index is 12.9. The molecule has 0 unspecified atom stereocenters. The average molecular weight is 618 g/mol. The van der Waals surface area contributed by atoms with Gasteiger partial charge in [0, 0.05) is 10.4 Å². The fourth-order valence-corrected chi connectivity index (χ4v) is 6.51. The smallest absolute Gasteiger partial charge is 0.345 e. The predicted octanol–water partition coefficient (Wildman–Crippen LogP) is 6.16. The summed E-state index contributed by atoms with van der Waals surface area (Å²) in [5.41, 5.74) is 3.99. The number of nitrogens with zero attached hydrogens (tertiary/aromatic N) is 1. The first-order valence-corrected chi connectivity index (χ1v) is 14.9. The first-order valence-electron chi connectivity index (χ1n) is 13.7. The van der Waals surface area contributed by atoms with Gasteiger partial charge in [0.2, 0.25) is 0 Å². The van der Waals surface area contributed by atoms with Gasteiger partial charge in [-0.2, -0.15) is 5.10 Å². The second kappa shape index (κ2) is 13.2. The molecule has 2 N–H and O–H groups in total. The van der Waals surface area contributed by atoms with Crippen LogP contribution in [0, 0.1) is 5.92 Å². The van der Waals surface area contributed by atoms with E-state index in [1.165, 1.54) is 17.6 Å². The van der Waals surface area contributed by atoms with Crippen molar-refractivity contribution in [3.63, 3.8) is 0 Å². The topological polar surface area (TPSA) is 123 Å². The number of ether oxygens (including phenoxy) is 2. The highest BCUT2D eigenvalue weighted by Gasteiger charge is 2.30. The van der Waals surface area contributed by atoms with Gasteiger partial charge < -0.3 is 14.8 Å². The van der Waals surface area contributed by atoms with Gasteiger partial charge in [-0.15, -0.1) is 11.3 Å². The Morgan fingerprint density at radius 2 is 1.79 bits per heavy atom. The monoisotopic (exact) mass is 617 g/mol. The minimum atomic E-state index is -1.04. The Kier molecular flexibility index (Phi) is 9.18. The highest BCUT2D eigenvalue weighted by atomic mass is 35.5. The molecule has 3 aromatic carbocycles. The average Bonchev–Trinajstić information content (AvgIpc) is 3.34. The first-order chi connectivity index (χ1) is 20.8. The van der Waals surface area contributed by atoms with E-state index in [9.17, 15) is 19.2 Å². The van der Waals surface area contributed by atoms with Crippen LogP contribution >= 0.6 is 22.9 Å². The molecule has 1 heterocycles. The summed E-state index contributed by atoms with van der Waals surface area (Å²) in [6, 6.07) is 17.3. The van der Waals surface area contributed by atoms with Crippen molar-refractivity contribution in [2.24, 2.45) is 11.0 Å². The Balaban J connectivity index is 1.35. The Morgan fingerprint density at radius 1 is 1.02 bits per heavy atom. The van der Waals surface area contributed by atoms with Crippen LogP contribution in [0.5, 0.6) is 5.75 Å². The summed E-state index contributed by atoms with van der Waals surface area (Å²) in [5.74, 6) is -2.59. The van der Waals surface area contributed by atoms with Gasteiger partial charge in [0.25, 0.3) is 0 Å². The maximum Gasteiger partial charge on any atom is 0.345 e. The zero-order valence-electron chi connectivity index (χ0n) is 23.4. The van der Waals surface area contributed by atoms with Crippen molar-refractivity contribution in [3.05, 3.63) is 92.8 Å². The summed E-state index contributed by atoms with van der Waals surface area (Å²) in [5, 5.41) is 8.62.